The molecule has 0 aliphatic carbocycles. The zero-order valence-corrected chi connectivity index (χ0v) is 16.1. The third-order valence-electron chi connectivity index (χ3n) is 4.49. The Morgan fingerprint density at radius 3 is 2.79 bits per heavy atom. The van der Waals surface area contributed by atoms with Crippen LogP contribution in [0.3, 0.4) is 0 Å². The van der Waals surface area contributed by atoms with Crippen LogP contribution in [0.1, 0.15) is 27.7 Å². The summed E-state index contributed by atoms with van der Waals surface area (Å²) < 4.78 is 1.58. The smallest absolute Gasteiger partial charge is 0.335 e. The molecular weight excluding hydrogens is 374 g/mol. The Morgan fingerprint density at radius 2 is 2.00 bits per heavy atom. The average molecular weight is 391 g/mol. The summed E-state index contributed by atoms with van der Waals surface area (Å²) in [5.41, 5.74) is 4.49. The molecule has 1 aliphatic heterocycles. The normalized spacial score (nSPS) is 15.0. The molecule has 0 atom stereocenters. The lowest BCUT2D eigenvalue weighted by atomic mass is 10.0. The van der Waals surface area contributed by atoms with Gasteiger partial charge in [0, 0.05) is 23.9 Å². The summed E-state index contributed by atoms with van der Waals surface area (Å²) in [6, 6.07) is 14.3. The lowest BCUT2D eigenvalue weighted by Crippen LogP contribution is -2.08. The van der Waals surface area contributed by atoms with Crippen molar-refractivity contribution in [2.75, 3.05) is 0 Å². The maximum Gasteiger partial charge on any atom is 0.335 e. The molecule has 4 rings (SSSR count). The number of aromatic hydroxyl groups is 1. The number of carbonyl (C=O) groups is 1. The van der Waals surface area contributed by atoms with Crippen LogP contribution in [0.15, 0.2) is 58.5 Å². The van der Waals surface area contributed by atoms with Crippen LogP contribution in [-0.4, -0.2) is 26.5 Å². The highest BCUT2D eigenvalue weighted by Gasteiger charge is 2.19. The van der Waals surface area contributed by atoms with Crippen LogP contribution < -0.4 is 4.80 Å². The second-order valence-corrected chi connectivity index (χ2v) is 7.38. The van der Waals surface area contributed by atoms with E-state index in [4.69, 9.17) is 5.11 Å². The van der Waals surface area contributed by atoms with Crippen molar-refractivity contribution in [3.63, 3.8) is 0 Å². The number of aromatic nitrogens is 1. The molecule has 0 saturated carbocycles. The predicted octanol–water partition coefficient (Wildman–Crippen LogP) is 4.37. The van der Waals surface area contributed by atoms with E-state index in [1.807, 2.05) is 37.3 Å². The molecule has 28 heavy (non-hydrogen) atoms. The molecule has 2 N–H and O–H groups in total. The van der Waals surface area contributed by atoms with Crippen LogP contribution in [-0.2, 0) is 7.05 Å². The van der Waals surface area contributed by atoms with Gasteiger partial charge in [-0.25, -0.2) is 9.79 Å². The second-order valence-electron chi connectivity index (χ2n) is 6.37. The minimum Gasteiger partial charge on any atom is -0.493 e. The summed E-state index contributed by atoms with van der Waals surface area (Å²) in [4.78, 5) is 21.4. The van der Waals surface area contributed by atoms with E-state index in [0.29, 0.717) is 15.4 Å². The van der Waals surface area contributed by atoms with E-state index in [-0.39, 0.29) is 11.4 Å². The lowest BCUT2D eigenvalue weighted by Gasteiger charge is -2.01. The molecule has 0 amide bonds. The largest absolute Gasteiger partial charge is 0.493 e. The van der Waals surface area contributed by atoms with Crippen molar-refractivity contribution in [2.45, 2.75) is 6.92 Å². The van der Waals surface area contributed by atoms with E-state index in [1.54, 1.807) is 23.7 Å². The topological polar surface area (TPSA) is 87.2 Å². The molecule has 2 aromatic carbocycles. The minimum atomic E-state index is -1.00. The maximum absolute atomic E-state index is 11.2. The molecule has 0 fully saturated rings. The standard InChI is InChI=1S/C21H17N3O3S/c1-12-16(15-8-3-4-9-17(15)22-12)11-18-19(25)24(2)21(28-18)23-14-7-5-6-13(10-14)20(26)27/h3-11,25H,1-2H3,(H,26,27). The zero-order valence-electron chi connectivity index (χ0n) is 15.2. The van der Waals surface area contributed by atoms with Gasteiger partial charge in [-0.3, -0.25) is 9.56 Å². The fraction of sp³-hybridized carbons (Fsp3) is 0.0952. The van der Waals surface area contributed by atoms with Crippen molar-refractivity contribution in [1.82, 2.24) is 4.57 Å². The van der Waals surface area contributed by atoms with Crippen molar-refractivity contribution >= 4 is 46.0 Å². The number of rotatable bonds is 3. The van der Waals surface area contributed by atoms with E-state index in [1.165, 1.54) is 23.5 Å². The number of nitrogens with zero attached hydrogens (tertiary/aromatic N) is 3. The molecule has 1 aliphatic rings. The van der Waals surface area contributed by atoms with Crippen molar-refractivity contribution < 1.29 is 15.0 Å². The van der Waals surface area contributed by atoms with Gasteiger partial charge in [-0.05, 0) is 37.3 Å². The molecule has 3 aromatic rings. The van der Waals surface area contributed by atoms with Crippen LogP contribution in [0.5, 0.6) is 5.88 Å². The number of carboxylic acids is 1. The first-order chi connectivity index (χ1) is 13.4. The van der Waals surface area contributed by atoms with Crippen LogP contribution in [0, 0.1) is 0 Å². The Hall–Kier alpha value is -3.45. The summed E-state index contributed by atoms with van der Waals surface area (Å²) in [5, 5.41) is 19.7. The van der Waals surface area contributed by atoms with Crippen LogP contribution in [0.2, 0.25) is 0 Å². The Bertz CT molecular complexity index is 1230. The lowest BCUT2D eigenvalue weighted by molar-refractivity contribution is 0.0697. The van der Waals surface area contributed by atoms with Gasteiger partial charge in [0.2, 0.25) is 5.88 Å². The summed E-state index contributed by atoms with van der Waals surface area (Å²) in [5.74, 6) is -0.904. The number of aromatic carboxylic acids is 1. The zero-order chi connectivity index (χ0) is 19.8. The van der Waals surface area contributed by atoms with Gasteiger partial charge >= 0.3 is 5.97 Å². The molecule has 0 unspecified atom stereocenters. The quantitative estimate of drug-likeness (QED) is 0.695. The van der Waals surface area contributed by atoms with Crippen molar-refractivity contribution in [3.8, 4) is 5.88 Å². The summed E-state index contributed by atoms with van der Waals surface area (Å²) in [7, 11) is 1.72. The first-order valence-electron chi connectivity index (χ1n) is 8.57. The van der Waals surface area contributed by atoms with Gasteiger partial charge in [0.25, 0.3) is 0 Å². The van der Waals surface area contributed by atoms with Crippen molar-refractivity contribution in [1.29, 1.82) is 0 Å². The Morgan fingerprint density at radius 1 is 1.21 bits per heavy atom. The molecule has 1 aromatic heterocycles. The second kappa shape index (κ2) is 6.94. The van der Waals surface area contributed by atoms with Crippen molar-refractivity contribution in [2.24, 2.45) is 17.0 Å². The van der Waals surface area contributed by atoms with Gasteiger partial charge in [0.1, 0.15) is 0 Å². The number of benzene rings is 2. The Kier molecular flexibility index (Phi) is 4.44. The number of carboxylic acid groups (broad SMARTS) is 1. The molecule has 0 spiro atoms. The molecule has 140 valence electrons. The Labute approximate surface area is 165 Å². The number of allylic oxidation sites excluding steroid dienone is 1. The highest BCUT2D eigenvalue weighted by molar-refractivity contribution is 7.10. The third kappa shape index (κ3) is 3.16. The summed E-state index contributed by atoms with van der Waals surface area (Å²) in [6.07, 6.45) is 1.91. The first kappa shape index (κ1) is 17.9. The van der Waals surface area contributed by atoms with Crippen LogP contribution in [0.4, 0.5) is 11.4 Å². The maximum atomic E-state index is 11.2. The Balaban J connectivity index is 1.80. The number of para-hydroxylation sites is 1. The van der Waals surface area contributed by atoms with Crippen LogP contribution >= 0.6 is 11.3 Å². The van der Waals surface area contributed by atoms with Gasteiger partial charge in [0.05, 0.1) is 21.8 Å². The first-order valence-corrected chi connectivity index (χ1v) is 9.39. The number of hydrogen-bond acceptors (Lipinski definition) is 5. The average Bonchev–Trinajstić information content (AvgIpc) is 3.13. The molecule has 2 heterocycles. The number of hydrogen-bond donors (Lipinski definition) is 2. The summed E-state index contributed by atoms with van der Waals surface area (Å²) >= 11 is 1.33. The molecule has 6 nitrogen and oxygen atoms in total. The number of aliphatic imine (C=N–C) groups is 1. The van der Waals surface area contributed by atoms with E-state index in [2.05, 4.69) is 9.98 Å². The predicted molar refractivity (Wildman–Crippen MR) is 111 cm³/mol. The van der Waals surface area contributed by atoms with Gasteiger partial charge < -0.3 is 10.2 Å². The molecule has 0 bridgehead atoms. The monoisotopic (exact) mass is 391 g/mol. The van der Waals surface area contributed by atoms with Gasteiger partial charge in [-0.2, -0.15) is 0 Å². The van der Waals surface area contributed by atoms with E-state index >= 15 is 0 Å². The van der Waals surface area contributed by atoms with Gasteiger partial charge in [-0.15, -0.1) is 0 Å². The van der Waals surface area contributed by atoms with Crippen molar-refractivity contribution in [3.05, 3.63) is 69.3 Å². The number of fused-ring (bicyclic) bond motifs is 1. The molecule has 0 radical (unpaired) electrons. The highest BCUT2D eigenvalue weighted by atomic mass is 32.1. The summed E-state index contributed by atoms with van der Waals surface area (Å²) in [6.45, 7) is 1.94. The highest BCUT2D eigenvalue weighted by Crippen LogP contribution is 2.37. The van der Waals surface area contributed by atoms with Gasteiger partial charge in [-0.1, -0.05) is 35.6 Å². The van der Waals surface area contributed by atoms with Crippen LogP contribution in [0.25, 0.3) is 11.6 Å². The molecule has 7 heteroatoms. The van der Waals surface area contributed by atoms with Gasteiger partial charge in [0.15, 0.2) is 4.80 Å². The fourth-order valence-corrected chi connectivity index (χ4v) is 4.00. The van der Waals surface area contributed by atoms with E-state index in [0.717, 1.165) is 22.5 Å². The molecular formula is C21H17N3O3S. The van der Waals surface area contributed by atoms with E-state index in [9.17, 15) is 9.90 Å². The third-order valence-corrected chi connectivity index (χ3v) is 5.56. The fourth-order valence-electron chi connectivity index (χ4n) is 3.03. The van der Waals surface area contributed by atoms with E-state index < -0.39 is 5.97 Å². The molecule has 0 saturated heterocycles. The minimum absolute atomic E-state index is 0.0998. The SMILES string of the molecule is CC1=Nc2ccccc2C1=Cc1sc(=Nc2cccc(C(=O)O)c2)n(C)c1O. The number of thiazole rings is 1.